The molecule has 1 amide bonds. The number of aromatic nitrogens is 1. The number of carbonyl (C=O) groups is 1. The molecule has 0 fully saturated rings. The van der Waals surface area contributed by atoms with Gasteiger partial charge < -0.3 is 10.1 Å². The summed E-state index contributed by atoms with van der Waals surface area (Å²) in [5, 5.41) is 3.89. The molecule has 24 heavy (non-hydrogen) atoms. The van der Waals surface area contributed by atoms with E-state index in [1.54, 1.807) is 11.3 Å². The van der Waals surface area contributed by atoms with Gasteiger partial charge in [-0.15, -0.1) is 11.3 Å². The Labute approximate surface area is 145 Å². The molecule has 1 heterocycles. The van der Waals surface area contributed by atoms with Gasteiger partial charge in [0.05, 0.1) is 17.1 Å². The van der Waals surface area contributed by atoms with E-state index in [2.05, 4.69) is 10.3 Å². The molecule has 0 aliphatic heterocycles. The summed E-state index contributed by atoms with van der Waals surface area (Å²) in [6.45, 7) is 3.88. The number of amides is 1. The minimum absolute atomic E-state index is 0.0431. The fourth-order valence-corrected chi connectivity index (χ4v) is 3.26. The van der Waals surface area contributed by atoms with Gasteiger partial charge in [-0.3, -0.25) is 4.79 Å². The largest absolute Gasteiger partial charge is 0.457 e. The van der Waals surface area contributed by atoms with Crippen molar-refractivity contribution in [3.63, 3.8) is 0 Å². The van der Waals surface area contributed by atoms with E-state index in [1.165, 1.54) is 0 Å². The average Bonchev–Trinajstić information content (AvgIpc) is 2.87. The van der Waals surface area contributed by atoms with Crippen LogP contribution >= 0.6 is 11.3 Å². The second-order valence-electron chi connectivity index (χ2n) is 5.41. The highest BCUT2D eigenvalue weighted by Crippen LogP contribution is 2.23. The molecule has 5 heteroatoms. The molecular formula is C19H18N2O2S. The predicted molar refractivity (Wildman–Crippen MR) is 96.9 cm³/mol. The first-order chi connectivity index (χ1) is 11.6. The Morgan fingerprint density at radius 1 is 1.04 bits per heavy atom. The maximum atomic E-state index is 12.2. The van der Waals surface area contributed by atoms with Gasteiger partial charge in [0.2, 0.25) is 5.91 Å². The fourth-order valence-electron chi connectivity index (χ4n) is 2.32. The van der Waals surface area contributed by atoms with Gasteiger partial charge in [-0.1, -0.05) is 18.2 Å². The van der Waals surface area contributed by atoms with E-state index in [1.807, 2.05) is 68.4 Å². The molecule has 0 atom stereocenters. The standard InChI is InChI=1S/C19H18N2O2S/c1-13-18(24-14(2)20-13)12-19(22)21-15-8-10-17(11-9-15)23-16-6-4-3-5-7-16/h3-11H,12H2,1-2H3,(H,21,22). The Morgan fingerprint density at radius 2 is 1.71 bits per heavy atom. The van der Waals surface area contributed by atoms with Crippen LogP contribution in [-0.2, 0) is 11.2 Å². The molecule has 3 aromatic rings. The Balaban J connectivity index is 1.59. The third-order valence-corrected chi connectivity index (χ3v) is 4.51. The van der Waals surface area contributed by atoms with Crippen molar-refractivity contribution >= 4 is 22.9 Å². The number of ether oxygens (including phenoxy) is 1. The Kier molecular flexibility index (Phi) is 4.91. The van der Waals surface area contributed by atoms with Crippen molar-refractivity contribution in [2.45, 2.75) is 20.3 Å². The number of rotatable bonds is 5. The van der Waals surface area contributed by atoms with Gasteiger partial charge in [0, 0.05) is 10.6 Å². The van der Waals surface area contributed by atoms with Gasteiger partial charge in [-0.05, 0) is 50.2 Å². The van der Waals surface area contributed by atoms with Gasteiger partial charge in [0.1, 0.15) is 11.5 Å². The van der Waals surface area contributed by atoms with E-state index in [-0.39, 0.29) is 5.91 Å². The molecule has 0 aliphatic rings. The number of nitrogens with zero attached hydrogens (tertiary/aromatic N) is 1. The van der Waals surface area contributed by atoms with Crippen LogP contribution in [0.5, 0.6) is 11.5 Å². The summed E-state index contributed by atoms with van der Waals surface area (Å²) < 4.78 is 5.73. The number of hydrogen-bond acceptors (Lipinski definition) is 4. The third-order valence-electron chi connectivity index (χ3n) is 3.44. The number of thiazole rings is 1. The number of nitrogens with one attached hydrogen (secondary N) is 1. The summed E-state index contributed by atoms with van der Waals surface area (Å²) in [6, 6.07) is 16.9. The van der Waals surface area contributed by atoms with Crippen molar-refractivity contribution < 1.29 is 9.53 Å². The molecule has 0 bridgehead atoms. The zero-order valence-corrected chi connectivity index (χ0v) is 14.4. The highest BCUT2D eigenvalue weighted by molar-refractivity contribution is 7.11. The van der Waals surface area contributed by atoms with Crippen LogP contribution in [-0.4, -0.2) is 10.9 Å². The van der Waals surface area contributed by atoms with Crippen LogP contribution in [0, 0.1) is 13.8 Å². The van der Waals surface area contributed by atoms with Gasteiger partial charge in [0.25, 0.3) is 0 Å². The number of carbonyl (C=O) groups excluding carboxylic acids is 1. The smallest absolute Gasteiger partial charge is 0.229 e. The van der Waals surface area contributed by atoms with Crippen LogP contribution in [0.25, 0.3) is 0 Å². The molecule has 0 spiro atoms. The summed E-state index contributed by atoms with van der Waals surface area (Å²) in [7, 11) is 0. The van der Waals surface area contributed by atoms with Crippen molar-refractivity contribution in [2.75, 3.05) is 5.32 Å². The van der Waals surface area contributed by atoms with Gasteiger partial charge in [0.15, 0.2) is 0 Å². The molecule has 4 nitrogen and oxygen atoms in total. The van der Waals surface area contributed by atoms with Crippen LogP contribution in [0.4, 0.5) is 5.69 Å². The Hall–Kier alpha value is -2.66. The van der Waals surface area contributed by atoms with Crippen LogP contribution in [0.3, 0.4) is 0 Å². The zero-order chi connectivity index (χ0) is 16.9. The van der Waals surface area contributed by atoms with Gasteiger partial charge in [-0.25, -0.2) is 4.98 Å². The Bertz CT molecular complexity index is 826. The molecule has 3 rings (SSSR count). The van der Waals surface area contributed by atoms with Crippen molar-refractivity contribution in [2.24, 2.45) is 0 Å². The van der Waals surface area contributed by atoms with Crippen molar-refractivity contribution in [1.29, 1.82) is 0 Å². The predicted octanol–water partition coefficient (Wildman–Crippen LogP) is 4.73. The van der Waals surface area contributed by atoms with Crippen LogP contribution in [0.1, 0.15) is 15.6 Å². The van der Waals surface area contributed by atoms with Crippen molar-refractivity contribution in [1.82, 2.24) is 4.98 Å². The van der Waals surface area contributed by atoms with E-state index < -0.39 is 0 Å². The molecule has 1 N–H and O–H groups in total. The summed E-state index contributed by atoms with van der Waals surface area (Å²) in [4.78, 5) is 17.5. The van der Waals surface area contributed by atoms with Crippen LogP contribution < -0.4 is 10.1 Å². The van der Waals surface area contributed by atoms with Crippen LogP contribution in [0.2, 0.25) is 0 Å². The van der Waals surface area contributed by atoms with E-state index in [4.69, 9.17) is 4.74 Å². The molecule has 0 saturated carbocycles. The maximum Gasteiger partial charge on any atom is 0.229 e. The van der Waals surface area contributed by atoms with Gasteiger partial charge >= 0.3 is 0 Å². The monoisotopic (exact) mass is 338 g/mol. The fraction of sp³-hybridized carbons (Fsp3) is 0.158. The number of anilines is 1. The number of hydrogen-bond donors (Lipinski definition) is 1. The first kappa shape index (κ1) is 16.2. The molecule has 1 aromatic heterocycles. The lowest BCUT2D eigenvalue weighted by molar-refractivity contribution is -0.115. The highest BCUT2D eigenvalue weighted by atomic mass is 32.1. The summed E-state index contributed by atoms with van der Waals surface area (Å²) in [5.41, 5.74) is 1.68. The van der Waals surface area contributed by atoms with Crippen LogP contribution in [0.15, 0.2) is 54.6 Å². The topological polar surface area (TPSA) is 51.2 Å². The maximum absolute atomic E-state index is 12.2. The summed E-state index contributed by atoms with van der Waals surface area (Å²) in [5.74, 6) is 1.47. The molecule has 2 aromatic carbocycles. The van der Waals surface area contributed by atoms with E-state index in [9.17, 15) is 4.79 Å². The first-order valence-corrected chi connectivity index (χ1v) is 8.47. The lowest BCUT2D eigenvalue weighted by Crippen LogP contribution is -2.14. The first-order valence-electron chi connectivity index (χ1n) is 7.66. The lowest BCUT2D eigenvalue weighted by Gasteiger charge is -2.08. The lowest BCUT2D eigenvalue weighted by atomic mass is 10.2. The zero-order valence-electron chi connectivity index (χ0n) is 13.6. The number of para-hydroxylation sites is 1. The third kappa shape index (κ3) is 4.20. The molecule has 0 saturated heterocycles. The highest BCUT2D eigenvalue weighted by Gasteiger charge is 2.10. The minimum Gasteiger partial charge on any atom is -0.457 e. The van der Waals surface area contributed by atoms with E-state index >= 15 is 0 Å². The van der Waals surface area contributed by atoms with Gasteiger partial charge in [-0.2, -0.15) is 0 Å². The molecular weight excluding hydrogens is 320 g/mol. The number of benzene rings is 2. The molecule has 0 unspecified atom stereocenters. The molecule has 0 radical (unpaired) electrons. The summed E-state index contributed by atoms with van der Waals surface area (Å²) >= 11 is 1.56. The SMILES string of the molecule is Cc1nc(C)c(CC(=O)Nc2ccc(Oc3ccccc3)cc2)s1. The summed E-state index contributed by atoms with van der Waals surface area (Å²) in [6.07, 6.45) is 0.347. The van der Waals surface area contributed by atoms with Crippen molar-refractivity contribution in [3.05, 3.63) is 70.2 Å². The van der Waals surface area contributed by atoms with E-state index in [0.717, 1.165) is 32.8 Å². The van der Waals surface area contributed by atoms with E-state index in [0.29, 0.717) is 6.42 Å². The molecule has 122 valence electrons. The average molecular weight is 338 g/mol. The quantitative estimate of drug-likeness (QED) is 0.731. The van der Waals surface area contributed by atoms with Crippen molar-refractivity contribution in [3.8, 4) is 11.5 Å². The normalized spacial score (nSPS) is 10.4. The second kappa shape index (κ2) is 7.27. The molecule has 0 aliphatic carbocycles. The minimum atomic E-state index is -0.0431. The second-order valence-corrected chi connectivity index (χ2v) is 6.69. The Morgan fingerprint density at radius 3 is 2.33 bits per heavy atom. The number of aryl methyl sites for hydroxylation is 2.